The molecule has 12 heavy (non-hydrogen) atoms. The monoisotopic (exact) mass is 181 g/mol. The lowest BCUT2D eigenvalue weighted by atomic mass is 10.1. The fraction of sp³-hybridized carbons (Fsp3) is 0.222. The summed E-state index contributed by atoms with van der Waals surface area (Å²) in [7, 11) is 2.65. The lowest BCUT2D eigenvalue weighted by Gasteiger charge is -2.04. The maximum atomic E-state index is 8.37. The fourth-order valence-corrected chi connectivity index (χ4v) is 1.35. The number of hydrogen-bond acceptors (Lipinski definition) is 2. The van der Waals surface area contributed by atoms with Crippen molar-refractivity contribution in [3.63, 3.8) is 0 Å². The molecule has 0 aliphatic heterocycles. The Labute approximate surface area is 74.5 Å². The summed E-state index contributed by atoms with van der Waals surface area (Å²) in [6.45, 7) is 4.04. The maximum Gasteiger partial charge on any atom is 0.0736 e. The van der Waals surface area contributed by atoms with Crippen molar-refractivity contribution in [2.75, 3.05) is 0 Å². The van der Waals surface area contributed by atoms with Crippen LogP contribution in [0.4, 0.5) is 0 Å². The zero-order valence-corrected chi connectivity index (χ0v) is 8.36. The largest absolute Gasteiger partial charge is 0.411 e. The summed E-state index contributed by atoms with van der Waals surface area (Å²) in [5.41, 5.74) is 3.30. The third-order valence-electron chi connectivity index (χ3n) is 1.85. The van der Waals surface area contributed by atoms with Crippen molar-refractivity contribution < 1.29 is 5.21 Å². The summed E-state index contributed by atoms with van der Waals surface area (Å²) in [4.78, 5) is 0. The summed E-state index contributed by atoms with van der Waals surface area (Å²) in [6.07, 6.45) is 1.45. The van der Waals surface area contributed by atoms with Crippen LogP contribution in [0.15, 0.2) is 17.3 Å². The molecule has 0 aliphatic rings. The van der Waals surface area contributed by atoms with Crippen molar-refractivity contribution in [2.24, 2.45) is 5.16 Å². The van der Waals surface area contributed by atoms with E-state index in [1.165, 1.54) is 11.8 Å². The van der Waals surface area contributed by atoms with Gasteiger partial charge < -0.3 is 5.21 Å². The molecule has 64 valence electrons. The second-order valence-corrected chi connectivity index (χ2v) is 3.43. The molecule has 1 aromatic carbocycles. The fourth-order valence-electron chi connectivity index (χ4n) is 1.09. The van der Waals surface area contributed by atoms with Gasteiger partial charge in [0.1, 0.15) is 0 Å². The molecule has 0 spiro atoms. The predicted molar refractivity (Wildman–Crippen MR) is 54.6 cm³/mol. The zero-order chi connectivity index (χ0) is 9.14. The number of hydrogen-bond donors (Lipinski definition) is 1. The van der Waals surface area contributed by atoms with Crippen LogP contribution in [0, 0.1) is 13.8 Å². The predicted octanol–water partition coefficient (Wildman–Crippen LogP) is 1.61. The average molecular weight is 181 g/mol. The van der Waals surface area contributed by atoms with Crippen molar-refractivity contribution >= 4 is 20.8 Å². The van der Waals surface area contributed by atoms with E-state index in [4.69, 9.17) is 5.21 Å². The maximum absolute atomic E-state index is 8.37. The van der Waals surface area contributed by atoms with Gasteiger partial charge in [0.2, 0.25) is 0 Å². The average Bonchev–Trinajstić information content (AvgIpc) is 2.01. The molecule has 0 saturated heterocycles. The van der Waals surface area contributed by atoms with Crippen LogP contribution in [0.2, 0.25) is 0 Å². The first-order valence-corrected chi connectivity index (χ1v) is 4.27. The van der Waals surface area contributed by atoms with Crippen molar-refractivity contribution in [3.05, 3.63) is 28.8 Å². The Bertz CT molecular complexity index is 321. The highest BCUT2D eigenvalue weighted by molar-refractivity contribution is 7.27. The van der Waals surface area contributed by atoms with E-state index in [1.807, 2.05) is 13.0 Å². The molecule has 1 aromatic rings. The van der Waals surface area contributed by atoms with Crippen molar-refractivity contribution in [2.45, 2.75) is 13.8 Å². The zero-order valence-electron chi connectivity index (χ0n) is 7.20. The van der Waals surface area contributed by atoms with E-state index in [0.29, 0.717) is 0 Å². The molecule has 1 atom stereocenters. The number of oxime groups is 1. The van der Waals surface area contributed by atoms with Crippen LogP contribution in [0.5, 0.6) is 0 Å². The molecule has 3 heteroatoms. The van der Waals surface area contributed by atoms with Crippen LogP contribution < -0.4 is 5.30 Å². The molecule has 0 radical (unpaired) electrons. The van der Waals surface area contributed by atoms with Gasteiger partial charge in [-0.1, -0.05) is 11.2 Å². The summed E-state index contributed by atoms with van der Waals surface area (Å²) < 4.78 is 0. The van der Waals surface area contributed by atoms with E-state index < -0.39 is 0 Å². The van der Waals surface area contributed by atoms with E-state index >= 15 is 0 Å². The number of nitrogens with zero attached hydrogens (tertiary/aromatic N) is 1. The molecule has 0 amide bonds. The molecule has 0 aromatic heterocycles. The quantitative estimate of drug-likeness (QED) is 0.303. The minimum atomic E-state index is 0.952. The van der Waals surface area contributed by atoms with Crippen LogP contribution in [-0.4, -0.2) is 11.4 Å². The lowest BCUT2D eigenvalue weighted by molar-refractivity contribution is 0.322. The topological polar surface area (TPSA) is 32.6 Å². The second kappa shape index (κ2) is 3.68. The normalized spacial score (nSPS) is 10.9. The van der Waals surface area contributed by atoms with Gasteiger partial charge in [0.15, 0.2) is 0 Å². The first kappa shape index (κ1) is 9.21. The van der Waals surface area contributed by atoms with Crippen molar-refractivity contribution in [3.8, 4) is 0 Å². The third-order valence-corrected chi connectivity index (χ3v) is 2.47. The molecule has 1 unspecified atom stereocenters. The standard InChI is InChI=1S/C9H12NOP/c1-6-3-7(2)9(12)4-8(6)5-10-11/h3-5,11H,12H2,1-2H3/b10-5+. The van der Waals surface area contributed by atoms with Gasteiger partial charge >= 0.3 is 0 Å². The van der Waals surface area contributed by atoms with Gasteiger partial charge in [-0.3, -0.25) is 0 Å². The Morgan fingerprint density at radius 3 is 2.58 bits per heavy atom. The van der Waals surface area contributed by atoms with Gasteiger partial charge in [-0.25, -0.2) is 0 Å². The Morgan fingerprint density at radius 2 is 2.00 bits per heavy atom. The van der Waals surface area contributed by atoms with Gasteiger partial charge in [-0.15, -0.1) is 9.24 Å². The highest BCUT2D eigenvalue weighted by atomic mass is 31.0. The highest BCUT2D eigenvalue weighted by Gasteiger charge is 1.98. The van der Waals surface area contributed by atoms with Gasteiger partial charge in [0.05, 0.1) is 6.21 Å². The first-order valence-electron chi connectivity index (χ1n) is 3.69. The van der Waals surface area contributed by atoms with E-state index in [-0.39, 0.29) is 0 Å². The minimum absolute atomic E-state index is 0.952. The van der Waals surface area contributed by atoms with E-state index in [9.17, 15) is 0 Å². The first-order chi connectivity index (χ1) is 5.65. The van der Waals surface area contributed by atoms with Crippen molar-refractivity contribution in [1.29, 1.82) is 0 Å². The third kappa shape index (κ3) is 1.83. The van der Waals surface area contributed by atoms with E-state index in [1.54, 1.807) is 0 Å². The molecule has 0 heterocycles. The van der Waals surface area contributed by atoms with Crippen LogP contribution in [0.1, 0.15) is 16.7 Å². The molecule has 1 N–H and O–H groups in total. The Morgan fingerprint density at radius 1 is 1.33 bits per heavy atom. The van der Waals surface area contributed by atoms with Gasteiger partial charge in [-0.05, 0) is 41.9 Å². The van der Waals surface area contributed by atoms with Gasteiger partial charge in [0, 0.05) is 0 Å². The summed E-state index contributed by atoms with van der Waals surface area (Å²) in [6, 6.07) is 4.05. The molecular formula is C9H12NOP. The summed E-state index contributed by atoms with van der Waals surface area (Å²) >= 11 is 0. The Hall–Kier alpha value is -0.880. The molecule has 0 saturated carbocycles. The van der Waals surface area contributed by atoms with E-state index in [2.05, 4.69) is 27.4 Å². The van der Waals surface area contributed by atoms with Crippen LogP contribution in [0.25, 0.3) is 0 Å². The van der Waals surface area contributed by atoms with Crippen molar-refractivity contribution in [1.82, 2.24) is 0 Å². The van der Waals surface area contributed by atoms with Crippen LogP contribution >= 0.6 is 9.24 Å². The molecule has 2 nitrogen and oxygen atoms in total. The highest BCUT2D eigenvalue weighted by Crippen LogP contribution is 2.08. The summed E-state index contributed by atoms with van der Waals surface area (Å²) in [5.74, 6) is 0. The number of rotatable bonds is 1. The molecule has 0 aliphatic carbocycles. The molecule has 0 fully saturated rings. The summed E-state index contributed by atoms with van der Waals surface area (Å²) in [5, 5.41) is 12.5. The van der Waals surface area contributed by atoms with Gasteiger partial charge in [0.25, 0.3) is 0 Å². The Balaban J connectivity index is 3.23. The van der Waals surface area contributed by atoms with Crippen LogP contribution in [0.3, 0.4) is 0 Å². The van der Waals surface area contributed by atoms with Gasteiger partial charge in [-0.2, -0.15) is 0 Å². The SMILES string of the molecule is Cc1cc(C)c(/C=N/O)cc1P. The van der Waals surface area contributed by atoms with E-state index in [0.717, 1.165) is 16.4 Å². The minimum Gasteiger partial charge on any atom is -0.411 e. The smallest absolute Gasteiger partial charge is 0.0736 e. The molecule has 0 bridgehead atoms. The number of benzene rings is 1. The lowest BCUT2D eigenvalue weighted by Crippen LogP contribution is -2.01. The molecule has 1 rings (SSSR count). The molecular weight excluding hydrogens is 169 g/mol. The Kier molecular flexibility index (Phi) is 2.83. The number of aryl methyl sites for hydroxylation is 2. The van der Waals surface area contributed by atoms with Crippen LogP contribution in [-0.2, 0) is 0 Å². The second-order valence-electron chi connectivity index (χ2n) is 2.81.